The molecule has 118 valence electrons. The van der Waals surface area contributed by atoms with Crippen LogP contribution in [0.4, 0.5) is 0 Å². The first-order chi connectivity index (χ1) is 9.77. The molecule has 0 N–H and O–H groups in total. The van der Waals surface area contributed by atoms with E-state index in [-0.39, 0.29) is 0 Å². The van der Waals surface area contributed by atoms with Gasteiger partial charge in [0, 0.05) is 6.42 Å². The van der Waals surface area contributed by atoms with Gasteiger partial charge in [-0.1, -0.05) is 70.4 Å². The number of ketones is 1. The van der Waals surface area contributed by atoms with Crippen LogP contribution in [0.2, 0.25) is 0 Å². The van der Waals surface area contributed by atoms with Crippen molar-refractivity contribution in [2.75, 3.05) is 0 Å². The van der Waals surface area contributed by atoms with E-state index in [4.69, 9.17) is 0 Å². The Kier molecular flexibility index (Phi) is 16.0. The van der Waals surface area contributed by atoms with Crippen LogP contribution in [-0.4, -0.2) is 5.78 Å². The summed E-state index contributed by atoms with van der Waals surface area (Å²) >= 11 is 0. The largest absolute Gasteiger partial charge is 0.300 e. The molecule has 0 bridgehead atoms. The number of carbonyl (C=O) groups is 1. The van der Waals surface area contributed by atoms with Crippen LogP contribution in [-0.2, 0) is 4.79 Å². The Morgan fingerprint density at radius 3 is 1.65 bits per heavy atom. The van der Waals surface area contributed by atoms with Gasteiger partial charge in [0.1, 0.15) is 5.78 Å². The van der Waals surface area contributed by atoms with E-state index in [0.29, 0.717) is 5.78 Å². The molecule has 0 aliphatic heterocycles. The predicted molar refractivity (Wildman–Crippen MR) is 90.1 cm³/mol. The van der Waals surface area contributed by atoms with Gasteiger partial charge in [-0.2, -0.15) is 0 Å². The summed E-state index contributed by atoms with van der Waals surface area (Å²) in [7, 11) is 0. The van der Waals surface area contributed by atoms with E-state index < -0.39 is 0 Å². The summed E-state index contributed by atoms with van der Waals surface area (Å²) in [5.74, 6) is 0.329. The summed E-state index contributed by atoms with van der Waals surface area (Å²) in [6, 6.07) is 0. The highest BCUT2D eigenvalue weighted by Crippen LogP contribution is 2.10. The van der Waals surface area contributed by atoms with Gasteiger partial charge in [0.25, 0.3) is 0 Å². The first kappa shape index (κ1) is 19.4. The van der Waals surface area contributed by atoms with Crippen LogP contribution in [0.5, 0.6) is 0 Å². The lowest BCUT2D eigenvalue weighted by Gasteiger charge is -2.00. The van der Waals surface area contributed by atoms with Gasteiger partial charge in [-0.25, -0.2) is 0 Å². The van der Waals surface area contributed by atoms with Crippen LogP contribution in [0.1, 0.15) is 104 Å². The molecule has 0 aliphatic carbocycles. The van der Waals surface area contributed by atoms with Crippen molar-refractivity contribution in [3.8, 4) is 0 Å². The smallest absolute Gasteiger partial charge is 0.129 e. The van der Waals surface area contributed by atoms with Gasteiger partial charge in [-0.05, 0) is 39.0 Å². The minimum atomic E-state index is 0.329. The number of unbranched alkanes of at least 4 members (excludes halogenated alkanes) is 11. The monoisotopic (exact) mass is 280 g/mol. The Hall–Kier alpha value is -0.590. The van der Waals surface area contributed by atoms with Crippen molar-refractivity contribution in [3.05, 3.63) is 12.2 Å². The second-order valence-electron chi connectivity index (χ2n) is 6.04. The molecule has 0 rings (SSSR count). The molecule has 0 aromatic rings. The third-order valence-corrected chi connectivity index (χ3v) is 3.79. The standard InChI is InChI=1S/C19H36O/c1-3-4-5-6-7-8-9-10-11-12-13-14-15-16-17-18-19(2)20/h12-13H,3-11,14-18H2,1-2H3/b13-12+. The highest BCUT2D eigenvalue weighted by molar-refractivity contribution is 5.75. The number of hydrogen-bond acceptors (Lipinski definition) is 1. The molecule has 1 heteroatoms. The topological polar surface area (TPSA) is 17.1 Å². The molecule has 0 fully saturated rings. The van der Waals surface area contributed by atoms with E-state index in [0.717, 1.165) is 12.8 Å². The van der Waals surface area contributed by atoms with Crippen molar-refractivity contribution < 1.29 is 4.79 Å². The second kappa shape index (κ2) is 16.5. The number of carbonyl (C=O) groups excluding carboxylic acids is 1. The molecule has 1 nitrogen and oxygen atoms in total. The maximum absolute atomic E-state index is 10.8. The van der Waals surface area contributed by atoms with Crippen molar-refractivity contribution >= 4 is 5.78 Å². The third kappa shape index (κ3) is 17.4. The molecule has 0 atom stereocenters. The minimum absolute atomic E-state index is 0.329. The Morgan fingerprint density at radius 2 is 1.15 bits per heavy atom. The Morgan fingerprint density at radius 1 is 0.700 bits per heavy atom. The van der Waals surface area contributed by atoms with Gasteiger partial charge in [-0.3, -0.25) is 0 Å². The number of rotatable bonds is 15. The van der Waals surface area contributed by atoms with Gasteiger partial charge in [-0.15, -0.1) is 0 Å². The normalized spacial score (nSPS) is 11.3. The van der Waals surface area contributed by atoms with Crippen LogP contribution in [0, 0.1) is 0 Å². The van der Waals surface area contributed by atoms with E-state index in [1.165, 1.54) is 77.0 Å². The van der Waals surface area contributed by atoms with Crippen LogP contribution >= 0.6 is 0 Å². The molecule has 0 amide bonds. The summed E-state index contributed by atoms with van der Waals surface area (Å²) in [5.41, 5.74) is 0. The average Bonchev–Trinajstić information content (AvgIpc) is 2.43. The average molecular weight is 280 g/mol. The molecule has 0 aliphatic rings. The van der Waals surface area contributed by atoms with Gasteiger partial charge in [0.15, 0.2) is 0 Å². The van der Waals surface area contributed by atoms with Crippen LogP contribution in [0.15, 0.2) is 12.2 Å². The molecule has 0 saturated carbocycles. The lowest BCUT2D eigenvalue weighted by atomic mass is 10.1. The van der Waals surface area contributed by atoms with Gasteiger partial charge in [0.05, 0.1) is 0 Å². The number of Topliss-reactive ketones (excluding diaryl/α,β-unsaturated/α-hetero) is 1. The molecule has 20 heavy (non-hydrogen) atoms. The second-order valence-corrected chi connectivity index (χ2v) is 6.04. The zero-order valence-electron chi connectivity index (χ0n) is 14.0. The summed E-state index contributed by atoms with van der Waals surface area (Å²) in [4.78, 5) is 10.8. The first-order valence-electron chi connectivity index (χ1n) is 8.91. The highest BCUT2D eigenvalue weighted by Gasteiger charge is 1.93. The summed E-state index contributed by atoms with van der Waals surface area (Å²) in [6.45, 7) is 3.96. The summed E-state index contributed by atoms with van der Waals surface area (Å²) < 4.78 is 0. The van der Waals surface area contributed by atoms with Crippen molar-refractivity contribution in [2.45, 2.75) is 104 Å². The third-order valence-electron chi connectivity index (χ3n) is 3.79. The first-order valence-corrected chi connectivity index (χ1v) is 8.91. The molecule has 0 heterocycles. The van der Waals surface area contributed by atoms with Crippen molar-refractivity contribution in [2.24, 2.45) is 0 Å². The molecule has 0 saturated heterocycles. The number of allylic oxidation sites excluding steroid dienone is 2. The quantitative estimate of drug-likeness (QED) is 0.243. The number of hydrogen-bond donors (Lipinski definition) is 0. The lowest BCUT2D eigenvalue weighted by molar-refractivity contribution is -0.117. The molecule has 0 spiro atoms. The van der Waals surface area contributed by atoms with E-state index in [9.17, 15) is 4.79 Å². The molecule has 0 aromatic carbocycles. The van der Waals surface area contributed by atoms with Crippen LogP contribution < -0.4 is 0 Å². The molecular weight excluding hydrogens is 244 g/mol. The predicted octanol–water partition coefficient (Wildman–Crippen LogP) is 6.61. The Balaban J connectivity index is 3.07. The van der Waals surface area contributed by atoms with Crippen molar-refractivity contribution in [1.82, 2.24) is 0 Å². The van der Waals surface area contributed by atoms with E-state index in [1.807, 2.05) is 0 Å². The van der Waals surface area contributed by atoms with Crippen molar-refractivity contribution in [1.29, 1.82) is 0 Å². The maximum atomic E-state index is 10.8. The molecule has 0 unspecified atom stereocenters. The van der Waals surface area contributed by atoms with Crippen LogP contribution in [0.25, 0.3) is 0 Å². The van der Waals surface area contributed by atoms with Gasteiger partial charge >= 0.3 is 0 Å². The van der Waals surface area contributed by atoms with E-state index in [2.05, 4.69) is 19.1 Å². The zero-order valence-corrected chi connectivity index (χ0v) is 14.0. The molecule has 0 radical (unpaired) electrons. The molecule has 0 aromatic heterocycles. The van der Waals surface area contributed by atoms with Gasteiger partial charge in [0.2, 0.25) is 0 Å². The molecular formula is C19H36O. The Bertz CT molecular complexity index is 230. The summed E-state index contributed by atoms with van der Waals surface area (Å²) in [6.07, 6.45) is 22.6. The van der Waals surface area contributed by atoms with Gasteiger partial charge < -0.3 is 4.79 Å². The maximum Gasteiger partial charge on any atom is 0.129 e. The zero-order chi connectivity index (χ0) is 14.9. The fourth-order valence-electron chi connectivity index (χ4n) is 2.44. The fourth-order valence-corrected chi connectivity index (χ4v) is 2.44. The van der Waals surface area contributed by atoms with Crippen molar-refractivity contribution in [3.63, 3.8) is 0 Å². The van der Waals surface area contributed by atoms with E-state index in [1.54, 1.807) is 6.92 Å². The SMILES string of the molecule is CCCCCCCCCC/C=C/CCCCCC(C)=O. The fraction of sp³-hybridized carbons (Fsp3) is 0.842. The Labute approximate surface area is 127 Å². The minimum Gasteiger partial charge on any atom is -0.300 e. The summed E-state index contributed by atoms with van der Waals surface area (Å²) in [5, 5.41) is 0. The lowest BCUT2D eigenvalue weighted by Crippen LogP contribution is -1.88. The van der Waals surface area contributed by atoms with E-state index >= 15 is 0 Å². The highest BCUT2D eigenvalue weighted by atomic mass is 16.1. The van der Waals surface area contributed by atoms with Crippen LogP contribution in [0.3, 0.4) is 0 Å².